The van der Waals surface area contributed by atoms with E-state index in [9.17, 15) is 14.7 Å². The predicted octanol–water partition coefficient (Wildman–Crippen LogP) is 5.87. The number of esters is 1. The third kappa shape index (κ3) is 3.46. The molecular weight excluding hydrogens is 395 g/mol. The molecule has 3 aromatic rings. The number of carboxylic acids is 1. The second kappa shape index (κ2) is 7.50. The molecule has 3 rings (SSSR count). The van der Waals surface area contributed by atoms with Gasteiger partial charge in [0.2, 0.25) is 0 Å². The van der Waals surface area contributed by atoms with Crippen LogP contribution in [0.4, 0.5) is 0 Å². The normalized spacial score (nSPS) is 10.6. The fourth-order valence-electron chi connectivity index (χ4n) is 2.60. The summed E-state index contributed by atoms with van der Waals surface area (Å²) < 4.78 is 4.86. The number of methoxy groups -OCH3 is 1. The summed E-state index contributed by atoms with van der Waals surface area (Å²) in [5.74, 6) is -1.71. The first-order valence-electron chi connectivity index (χ1n) is 7.42. The van der Waals surface area contributed by atoms with Crippen molar-refractivity contribution < 1.29 is 19.4 Å². The van der Waals surface area contributed by atoms with Crippen molar-refractivity contribution in [1.29, 1.82) is 0 Å². The standard InChI is InChI=1S/C19H12Cl2O4S/c1-25-19(24)17-15(11-4-8-13(21)9-5-11)14(16(26-17)18(22)23)10-2-6-12(20)7-3-10/h2-9H,1H3,(H,22,23). The van der Waals surface area contributed by atoms with Crippen LogP contribution in [0.1, 0.15) is 19.3 Å². The number of thiophene rings is 1. The first kappa shape index (κ1) is 18.5. The average Bonchev–Trinajstić information content (AvgIpc) is 3.03. The zero-order valence-corrected chi connectivity index (χ0v) is 15.8. The summed E-state index contributed by atoms with van der Waals surface area (Å²) in [5.41, 5.74) is 2.26. The van der Waals surface area contributed by atoms with Crippen LogP contribution in [0.3, 0.4) is 0 Å². The van der Waals surface area contributed by atoms with E-state index in [0.29, 0.717) is 32.3 Å². The van der Waals surface area contributed by atoms with E-state index in [0.717, 1.165) is 11.3 Å². The number of hydrogen-bond donors (Lipinski definition) is 1. The van der Waals surface area contributed by atoms with Crippen LogP contribution in [-0.4, -0.2) is 24.2 Å². The van der Waals surface area contributed by atoms with Gasteiger partial charge in [-0.3, -0.25) is 0 Å². The van der Waals surface area contributed by atoms with Gasteiger partial charge < -0.3 is 9.84 Å². The van der Waals surface area contributed by atoms with Crippen molar-refractivity contribution in [2.24, 2.45) is 0 Å². The van der Waals surface area contributed by atoms with E-state index < -0.39 is 11.9 Å². The predicted molar refractivity (Wildman–Crippen MR) is 104 cm³/mol. The van der Waals surface area contributed by atoms with Crippen LogP contribution in [0, 0.1) is 0 Å². The first-order chi connectivity index (χ1) is 12.4. The fraction of sp³-hybridized carbons (Fsp3) is 0.0526. The van der Waals surface area contributed by atoms with Crippen molar-refractivity contribution in [3.63, 3.8) is 0 Å². The largest absolute Gasteiger partial charge is 0.477 e. The molecule has 132 valence electrons. The highest BCUT2D eigenvalue weighted by atomic mass is 35.5. The minimum absolute atomic E-state index is 0.0534. The Bertz CT molecular complexity index is 976. The van der Waals surface area contributed by atoms with Gasteiger partial charge in [0, 0.05) is 21.2 Å². The van der Waals surface area contributed by atoms with Gasteiger partial charge in [-0.25, -0.2) is 9.59 Å². The first-order valence-corrected chi connectivity index (χ1v) is 9.00. The Balaban J connectivity index is 2.37. The van der Waals surface area contributed by atoms with Gasteiger partial charge in [-0.15, -0.1) is 11.3 Å². The van der Waals surface area contributed by atoms with Crippen molar-refractivity contribution >= 4 is 46.5 Å². The Morgan fingerprint density at radius 2 is 1.27 bits per heavy atom. The molecule has 0 spiro atoms. The molecule has 0 saturated carbocycles. The number of aromatic carboxylic acids is 1. The molecule has 0 fully saturated rings. The van der Waals surface area contributed by atoms with Crippen molar-refractivity contribution in [3.8, 4) is 22.3 Å². The number of rotatable bonds is 4. The van der Waals surface area contributed by atoms with E-state index in [4.69, 9.17) is 27.9 Å². The molecule has 1 heterocycles. The summed E-state index contributed by atoms with van der Waals surface area (Å²) in [7, 11) is 1.26. The summed E-state index contributed by atoms with van der Waals surface area (Å²) in [6.07, 6.45) is 0. The molecule has 0 unspecified atom stereocenters. The maximum absolute atomic E-state index is 12.3. The minimum Gasteiger partial charge on any atom is -0.477 e. The number of benzene rings is 2. The quantitative estimate of drug-likeness (QED) is 0.549. The molecule has 0 radical (unpaired) electrons. The molecule has 4 nitrogen and oxygen atoms in total. The monoisotopic (exact) mass is 406 g/mol. The number of ether oxygens (including phenoxy) is 1. The van der Waals surface area contributed by atoms with Crippen LogP contribution in [0.2, 0.25) is 10.0 Å². The van der Waals surface area contributed by atoms with Crippen LogP contribution >= 0.6 is 34.5 Å². The molecule has 1 N–H and O–H groups in total. The Morgan fingerprint density at radius 1 is 0.846 bits per heavy atom. The van der Waals surface area contributed by atoms with Gasteiger partial charge in [-0.1, -0.05) is 47.5 Å². The van der Waals surface area contributed by atoms with Crippen molar-refractivity contribution in [1.82, 2.24) is 0 Å². The molecule has 0 aliphatic heterocycles. The minimum atomic E-state index is -1.12. The van der Waals surface area contributed by atoms with Gasteiger partial charge in [-0.05, 0) is 35.4 Å². The van der Waals surface area contributed by atoms with Gasteiger partial charge in [-0.2, -0.15) is 0 Å². The molecule has 26 heavy (non-hydrogen) atoms. The van der Waals surface area contributed by atoms with Crippen LogP contribution in [0.5, 0.6) is 0 Å². The van der Waals surface area contributed by atoms with Gasteiger partial charge >= 0.3 is 11.9 Å². The Labute approximate surface area is 163 Å². The third-order valence-electron chi connectivity index (χ3n) is 3.74. The van der Waals surface area contributed by atoms with E-state index in [1.807, 2.05) is 0 Å². The molecule has 0 aliphatic carbocycles. The summed E-state index contributed by atoms with van der Waals surface area (Å²) in [6.45, 7) is 0. The number of carboxylic acid groups (broad SMARTS) is 1. The summed E-state index contributed by atoms with van der Waals surface area (Å²) >= 11 is 12.8. The number of halogens is 2. The summed E-state index contributed by atoms with van der Waals surface area (Å²) in [4.78, 5) is 24.4. The van der Waals surface area contributed by atoms with Crippen molar-refractivity contribution in [2.75, 3.05) is 7.11 Å². The zero-order valence-electron chi connectivity index (χ0n) is 13.5. The molecule has 0 bridgehead atoms. The maximum Gasteiger partial charge on any atom is 0.348 e. The average molecular weight is 407 g/mol. The Morgan fingerprint density at radius 3 is 1.65 bits per heavy atom. The highest BCUT2D eigenvalue weighted by Crippen LogP contribution is 2.44. The second-order valence-electron chi connectivity index (χ2n) is 5.32. The lowest BCUT2D eigenvalue weighted by Crippen LogP contribution is -2.00. The molecule has 1 aromatic heterocycles. The molecule has 0 aliphatic rings. The second-order valence-corrected chi connectivity index (χ2v) is 7.21. The van der Waals surface area contributed by atoms with E-state index in [1.165, 1.54) is 7.11 Å². The Hall–Kier alpha value is -2.34. The lowest BCUT2D eigenvalue weighted by atomic mass is 9.94. The van der Waals surface area contributed by atoms with Crippen molar-refractivity contribution in [3.05, 3.63) is 68.3 Å². The van der Waals surface area contributed by atoms with E-state index in [-0.39, 0.29) is 9.75 Å². The van der Waals surface area contributed by atoms with Crippen LogP contribution < -0.4 is 0 Å². The SMILES string of the molecule is COC(=O)c1sc(C(=O)O)c(-c2ccc(Cl)cc2)c1-c1ccc(Cl)cc1. The zero-order chi connectivity index (χ0) is 18.8. The van der Waals surface area contributed by atoms with Crippen LogP contribution in [-0.2, 0) is 4.74 Å². The number of carbonyl (C=O) groups excluding carboxylic acids is 1. The lowest BCUT2D eigenvalue weighted by molar-refractivity contribution is 0.0606. The van der Waals surface area contributed by atoms with Gasteiger partial charge in [0.15, 0.2) is 0 Å². The van der Waals surface area contributed by atoms with E-state index in [2.05, 4.69) is 0 Å². The van der Waals surface area contributed by atoms with Crippen LogP contribution in [0.25, 0.3) is 22.3 Å². The third-order valence-corrected chi connectivity index (χ3v) is 5.40. The maximum atomic E-state index is 12.3. The van der Waals surface area contributed by atoms with Crippen molar-refractivity contribution in [2.45, 2.75) is 0 Å². The number of hydrogen-bond acceptors (Lipinski definition) is 4. The molecular formula is C19H12Cl2O4S. The Kier molecular flexibility index (Phi) is 5.32. The number of carbonyl (C=O) groups is 2. The highest BCUT2D eigenvalue weighted by Gasteiger charge is 2.28. The molecule has 7 heteroatoms. The molecule has 0 amide bonds. The topological polar surface area (TPSA) is 63.6 Å². The van der Waals surface area contributed by atoms with Crippen LogP contribution in [0.15, 0.2) is 48.5 Å². The lowest BCUT2D eigenvalue weighted by Gasteiger charge is -2.09. The fourth-order valence-corrected chi connectivity index (χ4v) is 3.96. The molecule has 0 saturated heterocycles. The van der Waals surface area contributed by atoms with E-state index in [1.54, 1.807) is 48.5 Å². The highest BCUT2D eigenvalue weighted by molar-refractivity contribution is 7.17. The summed E-state index contributed by atoms with van der Waals surface area (Å²) in [5, 5.41) is 10.7. The van der Waals surface area contributed by atoms with Gasteiger partial charge in [0.25, 0.3) is 0 Å². The van der Waals surface area contributed by atoms with Gasteiger partial charge in [0.05, 0.1) is 7.11 Å². The molecule has 0 atom stereocenters. The van der Waals surface area contributed by atoms with E-state index >= 15 is 0 Å². The van der Waals surface area contributed by atoms with Gasteiger partial charge in [0.1, 0.15) is 9.75 Å². The smallest absolute Gasteiger partial charge is 0.348 e. The summed E-state index contributed by atoms with van der Waals surface area (Å²) in [6, 6.07) is 13.6. The molecule has 2 aromatic carbocycles.